The zero-order valence-corrected chi connectivity index (χ0v) is 8.27. The van der Waals surface area contributed by atoms with Crippen LogP contribution in [-0.4, -0.2) is 5.62 Å². The molecule has 0 unspecified atom stereocenters. The molecule has 68 valence electrons. The second-order valence-electron chi connectivity index (χ2n) is 3.35. The summed E-state index contributed by atoms with van der Waals surface area (Å²) in [5.41, 5.74) is 3.81. The van der Waals surface area contributed by atoms with Crippen molar-refractivity contribution in [2.24, 2.45) is 0 Å². The van der Waals surface area contributed by atoms with E-state index in [9.17, 15) is 4.79 Å². The highest BCUT2D eigenvalue weighted by Gasteiger charge is 2.08. The second kappa shape index (κ2) is 3.97. The summed E-state index contributed by atoms with van der Waals surface area (Å²) < 4.78 is 0. The van der Waals surface area contributed by atoms with Gasteiger partial charge in [-0.2, -0.15) is 0 Å². The van der Waals surface area contributed by atoms with Crippen LogP contribution in [0.2, 0.25) is 0 Å². The van der Waals surface area contributed by atoms with E-state index in [2.05, 4.69) is 12.1 Å². The van der Waals surface area contributed by atoms with Gasteiger partial charge in [-0.25, -0.2) is 0 Å². The third kappa shape index (κ3) is 1.94. The largest absolute Gasteiger partial charge is 0.291 e. The number of hydrogen-bond donors (Lipinski definition) is 0. The minimum Gasteiger partial charge on any atom is -0.291 e. The van der Waals surface area contributed by atoms with E-state index in [0.717, 1.165) is 10.5 Å². The van der Waals surface area contributed by atoms with Gasteiger partial charge in [0.25, 0.3) is 0 Å². The Bertz CT molecular complexity index is 320. The van der Waals surface area contributed by atoms with Gasteiger partial charge >= 0.3 is 0 Å². The number of hydrogen-bond acceptors (Lipinski definition) is 2. The van der Waals surface area contributed by atoms with Crippen molar-refractivity contribution >= 4 is 17.4 Å². The fraction of sp³-hybridized carbons (Fsp3) is 0.364. The normalized spacial score (nSPS) is 15.1. The van der Waals surface area contributed by atoms with Gasteiger partial charge in [-0.1, -0.05) is 17.8 Å². The van der Waals surface area contributed by atoms with Gasteiger partial charge in [0.15, 0.2) is 5.62 Å². The molecule has 0 N–H and O–H groups in total. The van der Waals surface area contributed by atoms with Gasteiger partial charge in [0.2, 0.25) is 0 Å². The molecule has 1 aromatic rings. The number of carbonyl (C=O) groups is 1. The Hall–Kier alpha value is -0.760. The highest BCUT2D eigenvalue weighted by Crippen LogP contribution is 2.25. The van der Waals surface area contributed by atoms with E-state index in [4.69, 9.17) is 0 Å². The third-order valence-corrected chi connectivity index (χ3v) is 3.13. The van der Waals surface area contributed by atoms with E-state index in [0.29, 0.717) is 0 Å². The van der Waals surface area contributed by atoms with Crippen LogP contribution in [0.3, 0.4) is 0 Å². The summed E-state index contributed by atoms with van der Waals surface area (Å²) in [5.74, 6) is 0. The van der Waals surface area contributed by atoms with Crippen LogP contribution in [0.4, 0.5) is 0 Å². The Labute approximate surface area is 82.5 Å². The van der Waals surface area contributed by atoms with E-state index >= 15 is 0 Å². The zero-order chi connectivity index (χ0) is 9.10. The van der Waals surface area contributed by atoms with Crippen LogP contribution in [0, 0.1) is 0 Å². The predicted molar refractivity (Wildman–Crippen MR) is 55.7 cm³/mol. The van der Waals surface area contributed by atoms with Gasteiger partial charge in [-0.15, -0.1) is 0 Å². The summed E-state index contributed by atoms with van der Waals surface area (Å²) in [7, 11) is 0. The molecule has 0 amide bonds. The molecular formula is C11H12OS. The maximum Gasteiger partial charge on any atom is 0.180 e. The van der Waals surface area contributed by atoms with E-state index in [1.54, 1.807) is 0 Å². The standard InChI is InChI=1S/C11H12OS/c12-8-13-11-6-5-9-3-1-2-4-10(9)7-11/h5-8H,1-4H2. The van der Waals surface area contributed by atoms with Crippen LogP contribution in [-0.2, 0) is 17.6 Å². The summed E-state index contributed by atoms with van der Waals surface area (Å²) >= 11 is 1.27. The Morgan fingerprint density at radius 1 is 1.15 bits per heavy atom. The van der Waals surface area contributed by atoms with E-state index in [1.807, 2.05) is 6.07 Å². The molecule has 0 atom stereocenters. The first-order valence-electron chi connectivity index (χ1n) is 4.62. The lowest BCUT2D eigenvalue weighted by atomic mass is 9.92. The fourth-order valence-corrected chi connectivity index (χ4v) is 2.31. The van der Waals surface area contributed by atoms with Crippen molar-refractivity contribution in [2.45, 2.75) is 30.6 Å². The smallest absolute Gasteiger partial charge is 0.180 e. The SMILES string of the molecule is O=CSc1ccc2c(c1)CCCC2. The lowest BCUT2D eigenvalue weighted by Crippen LogP contribution is -2.01. The van der Waals surface area contributed by atoms with E-state index in [-0.39, 0.29) is 0 Å². The Morgan fingerprint density at radius 3 is 2.69 bits per heavy atom. The van der Waals surface area contributed by atoms with Crippen molar-refractivity contribution in [2.75, 3.05) is 0 Å². The quantitative estimate of drug-likeness (QED) is 0.529. The Kier molecular flexibility index (Phi) is 2.69. The zero-order valence-electron chi connectivity index (χ0n) is 7.45. The molecular weight excluding hydrogens is 180 g/mol. The highest BCUT2D eigenvalue weighted by atomic mass is 32.2. The molecule has 1 nitrogen and oxygen atoms in total. The highest BCUT2D eigenvalue weighted by molar-refractivity contribution is 8.11. The first kappa shape index (κ1) is 8.82. The molecule has 0 aliphatic heterocycles. The first-order chi connectivity index (χ1) is 6.40. The van der Waals surface area contributed by atoms with Crippen molar-refractivity contribution in [1.82, 2.24) is 0 Å². The van der Waals surface area contributed by atoms with E-state index < -0.39 is 0 Å². The molecule has 0 spiro atoms. The van der Waals surface area contributed by atoms with Gasteiger partial charge in [0, 0.05) is 4.90 Å². The maximum atomic E-state index is 10.3. The summed E-state index contributed by atoms with van der Waals surface area (Å²) in [6.45, 7) is 0. The molecule has 0 bridgehead atoms. The molecule has 0 heterocycles. The van der Waals surface area contributed by atoms with Crippen LogP contribution in [0.15, 0.2) is 23.1 Å². The minimum atomic E-state index is 0.893. The third-order valence-electron chi connectivity index (χ3n) is 2.50. The number of rotatable bonds is 2. The van der Waals surface area contributed by atoms with Crippen LogP contribution < -0.4 is 0 Å². The lowest BCUT2D eigenvalue weighted by Gasteiger charge is -2.15. The van der Waals surface area contributed by atoms with Crippen molar-refractivity contribution in [1.29, 1.82) is 0 Å². The van der Waals surface area contributed by atoms with E-state index in [1.165, 1.54) is 48.6 Å². The molecule has 0 aromatic heterocycles. The van der Waals surface area contributed by atoms with Crippen molar-refractivity contribution in [3.63, 3.8) is 0 Å². The molecule has 2 rings (SSSR count). The topological polar surface area (TPSA) is 17.1 Å². The van der Waals surface area contributed by atoms with Gasteiger partial charge in [0.05, 0.1) is 0 Å². The van der Waals surface area contributed by atoms with Crippen molar-refractivity contribution in [3.05, 3.63) is 29.3 Å². The Balaban J connectivity index is 2.29. The number of fused-ring (bicyclic) bond motifs is 1. The molecule has 1 aromatic carbocycles. The number of aryl methyl sites for hydroxylation is 2. The molecule has 1 aliphatic carbocycles. The fourth-order valence-electron chi connectivity index (χ4n) is 1.84. The van der Waals surface area contributed by atoms with Crippen LogP contribution in [0.5, 0.6) is 0 Å². The van der Waals surface area contributed by atoms with Crippen molar-refractivity contribution < 1.29 is 4.79 Å². The number of benzene rings is 1. The van der Waals surface area contributed by atoms with Gasteiger partial charge < -0.3 is 0 Å². The second-order valence-corrected chi connectivity index (χ2v) is 4.25. The van der Waals surface area contributed by atoms with Gasteiger partial charge in [-0.05, 0) is 48.9 Å². The predicted octanol–water partition coefficient (Wildman–Crippen LogP) is 2.85. The maximum absolute atomic E-state index is 10.3. The van der Waals surface area contributed by atoms with Crippen LogP contribution >= 0.6 is 11.8 Å². The molecule has 2 heteroatoms. The molecule has 0 radical (unpaired) electrons. The van der Waals surface area contributed by atoms with Gasteiger partial charge in [0.1, 0.15) is 0 Å². The molecule has 1 aliphatic rings. The number of thioether (sulfide) groups is 1. The lowest BCUT2D eigenvalue weighted by molar-refractivity contribution is 0.570. The summed E-state index contributed by atoms with van der Waals surface area (Å²) in [6.07, 6.45) is 5.00. The molecule has 0 saturated heterocycles. The summed E-state index contributed by atoms with van der Waals surface area (Å²) in [4.78, 5) is 11.4. The molecule has 13 heavy (non-hydrogen) atoms. The van der Waals surface area contributed by atoms with Gasteiger partial charge in [-0.3, -0.25) is 4.79 Å². The molecule has 0 fully saturated rings. The average Bonchev–Trinajstić information content (AvgIpc) is 2.18. The summed E-state index contributed by atoms with van der Waals surface area (Å²) in [5, 5.41) is 0. The molecule has 0 saturated carbocycles. The average molecular weight is 192 g/mol. The van der Waals surface area contributed by atoms with Crippen LogP contribution in [0.1, 0.15) is 24.0 Å². The minimum absolute atomic E-state index is 0.893. The summed E-state index contributed by atoms with van der Waals surface area (Å²) in [6, 6.07) is 6.37. The van der Waals surface area contributed by atoms with Crippen molar-refractivity contribution in [3.8, 4) is 0 Å². The number of carbonyl (C=O) groups excluding carboxylic acids is 1. The Morgan fingerprint density at radius 2 is 1.92 bits per heavy atom. The first-order valence-corrected chi connectivity index (χ1v) is 5.50. The van der Waals surface area contributed by atoms with Crippen LogP contribution in [0.25, 0.3) is 0 Å². The monoisotopic (exact) mass is 192 g/mol.